The Labute approximate surface area is 112 Å². The van der Waals surface area contributed by atoms with Gasteiger partial charge in [0.05, 0.1) is 12.2 Å². The quantitative estimate of drug-likeness (QED) is 0.651. The maximum absolute atomic E-state index is 11.6. The number of hydrogen-bond donors (Lipinski definition) is 2. The third kappa shape index (κ3) is 3.48. The Hall–Kier alpha value is -2.49. The van der Waals surface area contributed by atoms with Gasteiger partial charge >= 0.3 is 5.97 Å². The molecule has 0 fully saturated rings. The van der Waals surface area contributed by atoms with Crippen molar-refractivity contribution in [3.63, 3.8) is 0 Å². The molecule has 2 aromatic carbocycles. The van der Waals surface area contributed by atoms with Gasteiger partial charge in [0.2, 0.25) is 0 Å². The van der Waals surface area contributed by atoms with E-state index in [0.29, 0.717) is 17.9 Å². The van der Waals surface area contributed by atoms with Crippen LogP contribution >= 0.6 is 0 Å². The summed E-state index contributed by atoms with van der Waals surface area (Å²) in [6.45, 7) is 2.16. The molecule has 2 aromatic rings. The second-order valence-electron chi connectivity index (χ2n) is 4.05. The van der Waals surface area contributed by atoms with Crippen LogP contribution in [0.1, 0.15) is 17.3 Å². The fourth-order valence-corrected chi connectivity index (χ4v) is 1.67. The highest BCUT2D eigenvalue weighted by molar-refractivity contribution is 5.90. The standard InChI is InChI=1S/C15H16N2O2/c1-2-19-15(18)11-4-3-5-14(10-11)17-13-8-6-12(16)7-9-13/h3-10,17H,2,16H2,1H3. The molecular weight excluding hydrogens is 240 g/mol. The highest BCUT2D eigenvalue weighted by Gasteiger charge is 2.06. The van der Waals surface area contributed by atoms with E-state index in [1.54, 1.807) is 19.1 Å². The maximum Gasteiger partial charge on any atom is 0.338 e. The Balaban J connectivity index is 2.15. The highest BCUT2D eigenvalue weighted by Crippen LogP contribution is 2.19. The minimum absolute atomic E-state index is 0.316. The summed E-state index contributed by atoms with van der Waals surface area (Å²) in [6.07, 6.45) is 0. The number of esters is 1. The molecule has 0 saturated carbocycles. The van der Waals surface area contributed by atoms with E-state index >= 15 is 0 Å². The van der Waals surface area contributed by atoms with Crippen LogP contribution in [0.25, 0.3) is 0 Å². The zero-order valence-corrected chi connectivity index (χ0v) is 10.7. The van der Waals surface area contributed by atoms with Crippen LogP contribution in [0.5, 0.6) is 0 Å². The van der Waals surface area contributed by atoms with Crippen molar-refractivity contribution in [2.24, 2.45) is 0 Å². The van der Waals surface area contributed by atoms with Crippen molar-refractivity contribution in [1.29, 1.82) is 0 Å². The molecule has 0 aliphatic heterocycles. The summed E-state index contributed by atoms with van der Waals surface area (Å²) in [5.74, 6) is -0.316. The van der Waals surface area contributed by atoms with Crippen molar-refractivity contribution < 1.29 is 9.53 Å². The lowest BCUT2D eigenvalue weighted by Gasteiger charge is -2.08. The molecule has 2 rings (SSSR count). The van der Waals surface area contributed by atoms with E-state index in [2.05, 4.69) is 5.32 Å². The molecule has 4 heteroatoms. The number of ether oxygens (including phenoxy) is 1. The van der Waals surface area contributed by atoms with Gasteiger partial charge in [-0.2, -0.15) is 0 Å². The minimum atomic E-state index is -0.316. The fraction of sp³-hybridized carbons (Fsp3) is 0.133. The molecule has 0 amide bonds. The number of rotatable bonds is 4. The Kier molecular flexibility index (Phi) is 4.03. The number of carbonyl (C=O) groups excluding carboxylic acids is 1. The normalized spacial score (nSPS) is 9.95. The van der Waals surface area contributed by atoms with Crippen LogP contribution in [0.4, 0.5) is 17.1 Å². The average Bonchev–Trinajstić information content (AvgIpc) is 2.42. The van der Waals surface area contributed by atoms with Crippen molar-refractivity contribution in [1.82, 2.24) is 0 Å². The number of nitrogens with one attached hydrogen (secondary N) is 1. The third-order valence-electron chi connectivity index (χ3n) is 2.57. The van der Waals surface area contributed by atoms with E-state index in [-0.39, 0.29) is 5.97 Å². The molecule has 0 spiro atoms. The van der Waals surface area contributed by atoms with Gasteiger partial charge in [-0.1, -0.05) is 6.07 Å². The topological polar surface area (TPSA) is 64.3 Å². The van der Waals surface area contributed by atoms with Crippen LogP contribution in [0, 0.1) is 0 Å². The zero-order valence-electron chi connectivity index (χ0n) is 10.7. The number of nitrogens with two attached hydrogens (primary N) is 1. The van der Waals surface area contributed by atoms with E-state index in [4.69, 9.17) is 10.5 Å². The van der Waals surface area contributed by atoms with E-state index in [9.17, 15) is 4.79 Å². The Morgan fingerprint density at radius 2 is 1.89 bits per heavy atom. The first-order chi connectivity index (χ1) is 9.19. The first-order valence-corrected chi connectivity index (χ1v) is 6.09. The smallest absolute Gasteiger partial charge is 0.338 e. The molecule has 0 atom stereocenters. The summed E-state index contributed by atoms with van der Waals surface area (Å²) in [5.41, 5.74) is 8.61. The van der Waals surface area contributed by atoms with Gasteiger partial charge in [0.15, 0.2) is 0 Å². The molecule has 0 aliphatic carbocycles. The lowest BCUT2D eigenvalue weighted by molar-refractivity contribution is 0.0526. The molecule has 0 heterocycles. The predicted molar refractivity (Wildman–Crippen MR) is 76.5 cm³/mol. The summed E-state index contributed by atoms with van der Waals surface area (Å²) in [5, 5.41) is 3.21. The monoisotopic (exact) mass is 256 g/mol. The van der Waals surface area contributed by atoms with Crippen molar-refractivity contribution >= 4 is 23.0 Å². The molecule has 19 heavy (non-hydrogen) atoms. The van der Waals surface area contributed by atoms with Gasteiger partial charge in [0.1, 0.15) is 0 Å². The highest BCUT2D eigenvalue weighted by atomic mass is 16.5. The fourth-order valence-electron chi connectivity index (χ4n) is 1.67. The van der Waals surface area contributed by atoms with Crippen molar-refractivity contribution in [3.8, 4) is 0 Å². The van der Waals surface area contributed by atoms with Gasteiger partial charge in [-0.3, -0.25) is 0 Å². The van der Waals surface area contributed by atoms with Crippen LogP contribution in [-0.4, -0.2) is 12.6 Å². The van der Waals surface area contributed by atoms with Crippen molar-refractivity contribution in [2.45, 2.75) is 6.92 Å². The Morgan fingerprint density at radius 1 is 1.16 bits per heavy atom. The van der Waals surface area contributed by atoms with Gasteiger partial charge in [0.25, 0.3) is 0 Å². The second-order valence-corrected chi connectivity index (χ2v) is 4.05. The van der Waals surface area contributed by atoms with Gasteiger partial charge in [-0.15, -0.1) is 0 Å². The number of hydrogen-bond acceptors (Lipinski definition) is 4. The summed E-state index contributed by atoms with van der Waals surface area (Å²) >= 11 is 0. The van der Waals surface area contributed by atoms with Gasteiger partial charge < -0.3 is 15.8 Å². The molecule has 0 radical (unpaired) electrons. The van der Waals surface area contributed by atoms with Crippen LogP contribution < -0.4 is 11.1 Å². The van der Waals surface area contributed by atoms with Crippen LogP contribution in [0.3, 0.4) is 0 Å². The number of carbonyl (C=O) groups is 1. The molecule has 3 N–H and O–H groups in total. The molecular formula is C15H16N2O2. The van der Waals surface area contributed by atoms with E-state index in [1.807, 2.05) is 36.4 Å². The van der Waals surface area contributed by atoms with E-state index < -0.39 is 0 Å². The van der Waals surface area contributed by atoms with Crippen molar-refractivity contribution in [3.05, 3.63) is 54.1 Å². The lowest BCUT2D eigenvalue weighted by atomic mass is 10.2. The number of anilines is 3. The Bertz CT molecular complexity index is 565. The first-order valence-electron chi connectivity index (χ1n) is 6.09. The summed E-state index contributed by atoms with van der Waals surface area (Å²) < 4.78 is 4.97. The molecule has 4 nitrogen and oxygen atoms in total. The largest absolute Gasteiger partial charge is 0.462 e. The number of benzene rings is 2. The Morgan fingerprint density at radius 3 is 2.58 bits per heavy atom. The SMILES string of the molecule is CCOC(=O)c1cccc(Nc2ccc(N)cc2)c1. The summed E-state index contributed by atoms with van der Waals surface area (Å²) in [7, 11) is 0. The molecule has 0 saturated heterocycles. The van der Waals surface area contributed by atoms with Crippen LogP contribution in [0.15, 0.2) is 48.5 Å². The second kappa shape index (κ2) is 5.91. The van der Waals surface area contributed by atoms with Gasteiger partial charge in [-0.05, 0) is 49.4 Å². The van der Waals surface area contributed by atoms with Crippen LogP contribution in [0.2, 0.25) is 0 Å². The van der Waals surface area contributed by atoms with E-state index in [0.717, 1.165) is 11.4 Å². The van der Waals surface area contributed by atoms with Gasteiger partial charge in [0, 0.05) is 17.1 Å². The summed E-state index contributed by atoms with van der Waals surface area (Å²) in [6, 6.07) is 14.6. The molecule has 98 valence electrons. The minimum Gasteiger partial charge on any atom is -0.462 e. The maximum atomic E-state index is 11.6. The first kappa shape index (κ1) is 13.0. The average molecular weight is 256 g/mol. The molecule has 0 bridgehead atoms. The molecule has 0 aromatic heterocycles. The lowest BCUT2D eigenvalue weighted by Crippen LogP contribution is -2.04. The number of nitrogen functional groups attached to an aromatic ring is 1. The zero-order chi connectivity index (χ0) is 13.7. The van der Waals surface area contributed by atoms with E-state index in [1.165, 1.54) is 0 Å². The molecule has 0 aliphatic rings. The van der Waals surface area contributed by atoms with Crippen molar-refractivity contribution in [2.75, 3.05) is 17.7 Å². The van der Waals surface area contributed by atoms with Crippen LogP contribution in [-0.2, 0) is 4.74 Å². The summed E-state index contributed by atoms with van der Waals surface area (Å²) in [4.78, 5) is 11.6. The predicted octanol–water partition coefficient (Wildman–Crippen LogP) is 3.19. The third-order valence-corrected chi connectivity index (χ3v) is 2.57. The van der Waals surface area contributed by atoms with Gasteiger partial charge in [-0.25, -0.2) is 4.79 Å². The molecule has 0 unspecified atom stereocenters.